The summed E-state index contributed by atoms with van der Waals surface area (Å²) < 4.78 is 26.6. The first-order valence-corrected chi connectivity index (χ1v) is 12.2. The van der Waals surface area contributed by atoms with E-state index >= 15 is 0 Å². The van der Waals surface area contributed by atoms with Gasteiger partial charge in [0, 0.05) is 6.54 Å². The van der Waals surface area contributed by atoms with E-state index in [1.807, 2.05) is 25.1 Å². The lowest BCUT2D eigenvalue weighted by atomic mass is 9.98. The van der Waals surface area contributed by atoms with Crippen LogP contribution in [-0.2, 0) is 14.6 Å². The Morgan fingerprint density at radius 3 is 2.52 bits per heavy atom. The van der Waals surface area contributed by atoms with Crippen molar-refractivity contribution in [2.75, 3.05) is 12.3 Å². The zero-order chi connectivity index (χ0) is 23.6. The van der Waals surface area contributed by atoms with Gasteiger partial charge in [0.2, 0.25) is 0 Å². The van der Waals surface area contributed by atoms with Gasteiger partial charge >= 0.3 is 5.97 Å². The highest BCUT2D eigenvalue weighted by Gasteiger charge is 2.36. The second-order valence-electron chi connectivity index (χ2n) is 7.88. The molecule has 0 bridgehead atoms. The standard InChI is InChI=1S/C23H24N4O5S/c1-15-7-5-6-10-17(15)18(14-21(28)29)25-22(30)19-13-20(23-24-11-12-33(23,31)32)27(26-19)16-8-3-2-4-9-16/h2-10,13,18,23-24H,11-12,14H2,1H3,(H,25,30)(H,28,29)/t18-,23?/m0/s1. The molecule has 0 aliphatic carbocycles. The highest BCUT2D eigenvalue weighted by atomic mass is 32.2. The van der Waals surface area contributed by atoms with Crippen molar-refractivity contribution in [3.05, 3.63) is 83.2 Å². The molecule has 1 saturated heterocycles. The number of para-hydroxylation sites is 1. The first kappa shape index (κ1) is 22.7. The molecule has 0 radical (unpaired) electrons. The predicted octanol–water partition coefficient (Wildman–Crippen LogP) is 2.14. The maximum atomic E-state index is 13.1. The van der Waals surface area contributed by atoms with Gasteiger partial charge in [-0.05, 0) is 36.2 Å². The van der Waals surface area contributed by atoms with Gasteiger partial charge in [0.25, 0.3) is 5.91 Å². The van der Waals surface area contributed by atoms with E-state index in [-0.39, 0.29) is 17.9 Å². The Kier molecular flexibility index (Phi) is 6.30. The van der Waals surface area contributed by atoms with Gasteiger partial charge < -0.3 is 10.4 Å². The molecular weight excluding hydrogens is 444 g/mol. The molecule has 2 heterocycles. The highest BCUT2D eigenvalue weighted by Crippen LogP contribution is 2.28. The largest absolute Gasteiger partial charge is 0.481 e. The minimum atomic E-state index is -3.45. The zero-order valence-corrected chi connectivity index (χ0v) is 18.7. The number of nitrogens with zero attached hydrogens (tertiary/aromatic N) is 2. The molecule has 172 valence electrons. The molecule has 1 unspecified atom stereocenters. The van der Waals surface area contributed by atoms with Gasteiger partial charge in [-0.1, -0.05) is 42.5 Å². The summed E-state index contributed by atoms with van der Waals surface area (Å²) in [7, 11) is -3.45. The molecule has 9 nitrogen and oxygen atoms in total. The summed E-state index contributed by atoms with van der Waals surface area (Å²) in [4.78, 5) is 24.6. The third-order valence-electron chi connectivity index (χ3n) is 5.56. The summed E-state index contributed by atoms with van der Waals surface area (Å²) in [5, 5.41) is 18.5. The summed E-state index contributed by atoms with van der Waals surface area (Å²) >= 11 is 0. The van der Waals surface area contributed by atoms with Crippen LogP contribution < -0.4 is 10.6 Å². The number of carbonyl (C=O) groups is 2. The van der Waals surface area contributed by atoms with Crippen molar-refractivity contribution in [3.8, 4) is 5.69 Å². The smallest absolute Gasteiger partial charge is 0.305 e. The Labute approximate surface area is 191 Å². The number of aliphatic carboxylic acids is 1. The Hall–Kier alpha value is -3.50. The van der Waals surface area contributed by atoms with Gasteiger partial charge in [-0.2, -0.15) is 5.10 Å². The summed E-state index contributed by atoms with van der Waals surface area (Å²) in [6, 6.07) is 16.8. The number of carboxylic acids is 1. The fourth-order valence-corrected chi connectivity index (χ4v) is 5.50. The number of aryl methyl sites for hydroxylation is 1. The van der Waals surface area contributed by atoms with Crippen LogP contribution in [0.5, 0.6) is 0 Å². The number of amides is 1. The number of carboxylic acid groups (broad SMARTS) is 1. The Balaban J connectivity index is 1.71. The van der Waals surface area contributed by atoms with Crippen molar-refractivity contribution in [2.45, 2.75) is 24.8 Å². The lowest BCUT2D eigenvalue weighted by Gasteiger charge is -2.18. The summed E-state index contributed by atoms with van der Waals surface area (Å²) in [6.07, 6.45) is -0.304. The number of rotatable bonds is 7. The van der Waals surface area contributed by atoms with Crippen molar-refractivity contribution in [2.24, 2.45) is 0 Å². The van der Waals surface area contributed by atoms with Gasteiger partial charge in [-0.3, -0.25) is 14.9 Å². The van der Waals surface area contributed by atoms with Gasteiger partial charge in [-0.25, -0.2) is 13.1 Å². The van der Waals surface area contributed by atoms with Crippen LogP contribution in [-0.4, -0.2) is 47.5 Å². The van der Waals surface area contributed by atoms with Crippen LogP contribution in [0.3, 0.4) is 0 Å². The number of hydrogen-bond donors (Lipinski definition) is 3. The average molecular weight is 469 g/mol. The van der Waals surface area contributed by atoms with E-state index in [0.29, 0.717) is 23.5 Å². The molecule has 0 spiro atoms. The van der Waals surface area contributed by atoms with E-state index in [1.54, 1.807) is 36.4 Å². The molecule has 1 amide bonds. The first-order valence-electron chi connectivity index (χ1n) is 10.4. The van der Waals surface area contributed by atoms with E-state index in [2.05, 4.69) is 15.7 Å². The van der Waals surface area contributed by atoms with Crippen LogP contribution in [0.4, 0.5) is 0 Å². The summed E-state index contributed by atoms with van der Waals surface area (Å²) in [6.45, 7) is 2.15. The van der Waals surface area contributed by atoms with Crippen molar-refractivity contribution in [1.82, 2.24) is 20.4 Å². The molecule has 3 N–H and O–H groups in total. The number of benzene rings is 2. The molecule has 1 aromatic heterocycles. The average Bonchev–Trinajstić information content (AvgIpc) is 3.36. The molecule has 33 heavy (non-hydrogen) atoms. The predicted molar refractivity (Wildman–Crippen MR) is 122 cm³/mol. The fourth-order valence-electron chi connectivity index (χ4n) is 3.96. The summed E-state index contributed by atoms with van der Waals surface area (Å²) in [5.74, 6) is -1.65. The Bertz CT molecular complexity index is 1290. The highest BCUT2D eigenvalue weighted by molar-refractivity contribution is 7.91. The maximum Gasteiger partial charge on any atom is 0.305 e. The van der Waals surface area contributed by atoms with Gasteiger partial charge in [0.1, 0.15) is 0 Å². The van der Waals surface area contributed by atoms with Crippen LogP contribution in [0.25, 0.3) is 5.69 Å². The lowest BCUT2D eigenvalue weighted by Crippen LogP contribution is -2.31. The van der Waals surface area contributed by atoms with E-state index in [1.165, 1.54) is 10.7 Å². The van der Waals surface area contributed by atoms with Gasteiger partial charge in [0.05, 0.1) is 29.6 Å². The molecular formula is C23H24N4O5S. The second kappa shape index (κ2) is 9.16. The molecule has 1 fully saturated rings. The minimum absolute atomic E-state index is 0.00160. The van der Waals surface area contributed by atoms with Gasteiger partial charge in [0.15, 0.2) is 20.9 Å². The quantitative estimate of drug-likeness (QED) is 0.484. The number of nitrogens with one attached hydrogen (secondary N) is 2. The van der Waals surface area contributed by atoms with E-state index in [9.17, 15) is 23.1 Å². The first-order chi connectivity index (χ1) is 15.8. The molecule has 1 aliphatic heterocycles. The molecule has 2 atom stereocenters. The second-order valence-corrected chi connectivity index (χ2v) is 10.1. The summed E-state index contributed by atoms with van der Waals surface area (Å²) in [5.41, 5.74) is 2.48. The van der Waals surface area contributed by atoms with Crippen LogP contribution in [0.15, 0.2) is 60.7 Å². The third kappa shape index (κ3) is 4.81. The number of hydrogen-bond acceptors (Lipinski definition) is 6. The van der Waals surface area contributed by atoms with Gasteiger partial charge in [-0.15, -0.1) is 0 Å². The Morgan fingerprint density at radius 1 is 1.18 bits per heavy atom. The number of aromatic nitrogens is 2. The molecule has 4 rings (SSSR count). The maximum absolute atomic E-state index is 13.1. The number of carbonyl (C=O) groups excluding carboxylic acids is 1. The van der Waals surface area contributed by atoms with Crippen LogP contribution in [0, 0.1) is 6.92 Å². The van der Waals surface area contributed by atoms with E-state index < -0.39 is 33.1 Å². The topological polar surface area (TPSA) is 130 Å². The van der Waals surface area contributed by atoms with Crippen LogP contribution in [0.2, 0.25) is 0 Å². The van der Waals surface area contributed by atoms with Crippen LogP contribution in [0.1, 0.15) is 45.1 Å². The van der Waals surface area contributed by atoms with Crippen LogP contribution >= 0.6 is 0 Å². The normalized spacial score (nSPS) is 18.0. The molecule has 3 aromatic rings. The van der Waals surface area contributed by atoms with Crippen molar-refractivity contribution in [3.63, 3.8) is 0 Å². The Morgan fingerprint density at radius 2 is 1.88 bits per heavy atom. The van der Waals surface area contributed by atoms with Crippen molar-refractivity contribution < 1.29 is 23.1 Å². The molecule has 10 heteroatoms. The third-order valence-corrected chi connectivity index (χ3v) is 7.46. The SMILES string of the molecule is Cc1ccccc1[C@H](CC(=O)O)NC(=O)c1cc(C2NCCS2(=O)=O)n(-c2ccccc2)n1. The monoisotopic (exact) mass is 468 g/mol. The molecule has 2 aromatic carbocycles. The van der Waals surface area contributed by atoms with Crippen molar-refractivity contribution >= 4 is 21.7 Å². The minimum Gasteiger partial charge on any atom is -0.481 e. The van der Waals surface area contributed by atoms with E-state index in [0.717, 1.165) is 5.56 Å². The molecule has 1 aliphatic rings. The zero-order valence-electron chi connectivity index (χ0n) is 17.9. The number of sulfone groups is 1. The molecule has 0 saturated carbocycles. The lowest BCUT2D eigenvalue weighted by molar-refractivity contribution is -0.137. The van der Waals surface area contributed by atoms with E-state index in [4.69, 9.17) is 0 Å². The van der Waals surface area contributed by atoms with Crippen molar-refractivity contribution in [1.29, 1.82) is 0 Å². The fraction of sp³-hybridized carbons (Fsp3) is 0.261.